The molecule has 0 atom stereocenters. The second-order valence-electron chi connectivity index (χ2n) is 4.12. The van der Waals surface area contributed by atoms with E-state index in [-0.39, 0.29) is 5.78 Å². The van der Waals surface area contributed by atoms with Gasteiger partial charge in [-0.05, 0) is 25.5 Å². The van der Waals surface area contributed by atoms with E-state index in [1.165, 1.54) is 11.3 Å². The van der Waals surface area contributed by atoms with Crippen LogP contribution in [0.15, 0.2) is 12.3 Å². The van der Waals surface area contributed by atoms with Crippen LogP contribution in [0.1, 0.15) is 22.2 Å². The second kappa shape index (κ2) is 3.70. The molecule has 0 unspecified atom stereocenters. The summed E-state index contributed by atoms with van der Waals surface area (Å²) in [6.45, 7) is 4.95. The van der Waals surface area contributed by atoms with Gasteiger partial charge in [0.2, 0.25) is 0 Å². The standard InChI is InChI=1S/C12H12N2O2S/c1-7-6-13-14-3-4-16-12-9(11(7)14)5-10(17-12)8(2)15/h5-6H,3-4H2,1-2H3. The van der Waals surface area contributed by atoms with Gasteiger partial charge in [0.25, 0.3) is 0 Å². The van der Waals surface area contributed by atoms with Crippen LogP contribution in [0.2, 0.25) is 0 Å². The third-order valence-electron chi connectivity index (χ3n) is 2.86. The van der Waals surface area contributed by atoms with Crippen molar-refractivity contribution in [3.05, 3.63) is 22.7 Å². The molecule has 1 aliphatic rings. The van der Waals surface area contributed by atoms with E-state index in [1.807, 2.05) is 23.9 Å². The Morgan fingerprint density at radius 2 is 2.41 bits per heavy atom. The Balaban J connectivity index is 2.23. The summed E-state index contributed by atoms with van der Waals surface area (Å²) in [5.41, 5.74) is 3.18. The van der Waals surface area contributed by atoms with Crippen molar-refractivity contribution in [3.63, 3.8) is 0 Å². The van der Waals surface area contributed by atoms with Gasteiger partial charge in [0, 0.05) is 0 Å². The molecule has 0 amide bonds. The molecule has 3 rings (SSSR count). The highest BCUT2D eigenvalue weighted by Crippen LogP contribution is 2.41. The Bertz CT molecular complexity index is 598. The van der Waals surface area contributed by atoms with Crippen molar-refractivity contribution in [2.75, 3.05) is 6.61 Å². The predicted molar refractivity (Wildman–Crippen MR) is 65.8 cm³/mol. The summed E-state index contributed by atoms with van der Waals surface area (Å²) in [5, 5.41) is 5.16. The number of aryl methyl sites for hydroxylation is 1. The zero-order chi connectivity index (χ0) is 12.0. The number of aromatic nitrogens is 2. The van der Waals surface area contributed by atoms with Crippen LogP contribution >= 0.6 is 11.3 Å². The number of hydrogen-bond acceptors (Lipinski definition) is 4. The first kappa shape index (κ1) is 10.5. The molecule has 0 saturated carbocycles. The summed E-state index contributed by atoms with van der Waals surface area (Å²) in [4.78, 5) is 12.2. The lowest BCUT2D eigenvalue weighted by Crippen LogP contribution is -2.06. The number of rotatable bonds is 1. The first-order valence-electron chi connectivity index (χ1n) is 5.47. The van der Waals surface area contributed by atoms with Crippen LogP contribution in [-0.2, 0) is 6.54 Å². The highest BCUT2D eigenvalue weighted by atomic mass is 32.1. The van der Waals surface area contributed by atoms with Crippen molar-refractivity contribution in [2.45, 2.75) is 20.4 Å². The molecule has 3 heterocycles. The number of carbonyl (C=O) groups is 1. The Labute approximate surface area is 103 Å². The molecule has 4 nitrogen and oxygen atoms in total. The third kappa shape index (κ3) is 1.58. The molecule has 5 heteroatoms. The molecule has 0 aliphatic carbocycles. The highest BCUT2D eigenvalue weighted by molar-refractivity contribution is 7.16. The van der Waals surface area contributed by atoms with Crippen LogP contribution < -0.4 is 4.74 Å². The molecule has 88 valence electrons. The number of ketones is 1. The number of nitrogens with zero attached hydrogens (tertiary/aromatic N) is 2. The molecule has 0 radical (unpaired) electrons. The minimum absolute atomic E-state index is 0.0791. The van der Waals surface area contributed by atoms with Gasteiger partial charge < -0.3 is 4.74 Å². The van der Waals surface area contributed by atoms with Gasteiger partial charge in [-0.15, -0.1) is 0 Å². The van der Waals surface area contributed by atoms with E-state index in [2.05, 4.69) is 5.10 Å². The number of carbonyl (C=O) groups excluding carboxylic acids is 1. The molecule has 1 aliphatic heterocycles. The number of thiophene rings is 1. The minimum atomic E-state index is 0.0791. The van der Waals surface area contributed by atoms with Crippen LogP contribution in [-0.4, -0.2) is 22.2 Å². The SMILES string of the molecule is CC(=O)c1cc2c(s1)OCCn1ncc(C)c1-2. The summed E-state index contributed by atoms with van der Waals surface area (Å²) >= 11 is 1.42. The van der Waals surface area contributed by atoms with Gasteiger partial charge in [0.1, 0.15) is 6.61 Å². The molecule has 0 spiro atoms. The molecule has 0 saturated heterocycles. The maximum absolute atomic E-state index is 11.4. The lowest BCUT2D eigenvalue weighted by molar-refractivity contribution is 0.102. The van der Waals surface area contributed by atoms with Gasteiger partial charge in [-0.2, -0.15) is 5.10 Å². The van der Waals surface area contributed by atoms with Gasteiger partial charge in [0.15, 0.2) is 10.8 Å². The average Bonchev–Trinajstić information content (AvgIpc) is 2.80. The molecule has 0 bridgehead atoms. The van der Waals surface area contributed by atoms with Crippen molar-refractivity contribution in [3.8, 4) is 16.3 Å². The van der Waals surface area contributed by atoms with E-state index in [0.29, 0.717) is 6.61 Å². The second-order valence-corrected chi connectivity index (χ2v) is 5.13. The van der Waals surface area contributed by atoms with Crippen molar-refractivity contribution in [2.24, 2.45) is 0 Å². The van der Waals surface area contributed by atoms with E-state index in [1.54, 1.807) is 6.92 Å². The maximum Gasteiger partial charge on any atom is 0.183 e. The van der Waals surface area contributed by atoms with Gasteiger partial charge in [-0.3, -0.25) is 9.48 Å². The number of fused-ring (bicyclic) bond motifs is 3. The Hall–Kier alpha value is -1.62. The number of hydrogen-bond donors (Lipinski definition) is 0. The molecule has 2 aromatic rings. The zero-order valence-electron chi connectivity index (χ0n) is 9.69. The van der Waals surface area contributed by atoms with Crippen LogP contribution in [0.25, 0.3) is 11.3 Å². The van der Waals surface area contributed by atoms with E-state index >= 15 is 0 Å². The monoisotopic (exact) mass is 248 g/mol. The van der Waals surface area contributed by atoms with Crippen molar-refractivity contribution in [1.82, 2.24) is 9.78 Å². The topological polar surface area (TPSA) is 44.1 Å². The predicted octanol–water partition coefficient (Wildman–Crippen LogP) is 2.52. The lowest BCUT2D eigenvalue weighted by atomic mass is 10.1. The fraction of sp³-hybridized carbons (Fsp3) is 0.333. The average molecular weight is 248 g/mol. The smallest absolute Gasteiger partial charge is 0.183 e. The Kier molecular flexibility index (Phi) is 2.29. The molecule has 17 heavy (non-hydrogen) atoms. The first-order chi connectivity index (χ1) is 8.16. The third-order valence-corrected chi connectivity index (χ3v) is 4.01. The van der Waals surface area contributed by atoms with Crippen LogP contribution in [0.3, 0.4) is 0 Å². The number of Topliss-reactive ketones (excluding diaryl/α,β-unsaturated/α-hetero) is 1. The lowest BCUT2D eigenvalue weighted by Gasteiger charge is -2.01. The molecule has 0 aromatic carbocycles. The van der Waals surface area contributed by atoms with E-state index in [9.17, 15) is 4.79 Å². The van der Waals surface area contributed by atoms with Crippen LogP contribution in [0.4, 0.5) is 0 Å². The summed E-state index contributed by atoms with van der Waals surface area (Å²) in [6, 6.07) is 1.91. The maximum atomic E-state index is 11.4. The summed E-state index contributed by atoms with van der Waals surface area (Å²) < 4.78 is 7.62. The molecule has 0 N–H and O–H groups in total. The van der Waals surface area contributed by atoms with Gasteiger partial charge >= 0.3 is 0 Å². The molecular weight excluding hydrogens is 236 g/mol. The van der Waals surface area contributed by atoms with Crippen LogP contribution in [0.5, 0.6) is 5.06 Å². The Morgan fingerprint density at radius 1 is 1.59 bits per heavy atom. The molecular formula is C12H12N2O2S. The summed E-state index contributed by atoms with van der Waals surface area (Å²) in [7, 11) is 0. The van der Waals surface area contributed by atoms with Gasteiger partial charge in [0.05, 0.1) is 28.9 Å². The molecule has 0 fully saturated rings. The number of ether oxygens (including phenoxy) is 1. The fourth-order valence-electron chi connectivity index (χ4n) is 2.04. The van der Waals surface area contributed by atoms with Crippen molar-refractivity contribution >= 4 is 17.1 Å². The van der Waals surface area contributed by atoms with E-state index < -0.39 is 0 Å². The Morgan fingerprint density at radius 3 is 3.18 bits per heavy atom. The van der Waals surface area contributed by atoms with Crippen molar-refractivity contribution in [1.29, 1.82) is 0 Å². The van der Waals surface area contributed by atoms with E-state index in [4.69, 9.17) is 4.74 Å². The van der Waals surface area contributed by atoms with Crippen molar-refractivity contribution < 1.29 is 9.53 Å². The summed E-state index contributed by atoms with van der Waals surface area (Å²) in [5.74, 6) is 0.0791. The summed E-state index contributed by atoms with van der Waals surface area (Å²) in [6.07, 6.45) is 1.86. The highest BCUT2D eigenvalue weighted by Gasteiger charge is 2.22. The van der Waals surface area contributed by atoms with Gasteiger partial charge in [-0.1, -0.05) is 11.3 Å². The first-order valence-corrected chi connectivity index (χ1v) is 6.29. The van der Waals surface area contributed by atoms with Gasteiger partial charge in [-0.25, -0.2) is 0 Å². The normalized spacial score (nSPS) is 13.5. The quantitative estimate of drug-likeness (QED) is 0.728. The largest absolute Gasteiger partial charge is 0.481 e. The fourth-order valence-corrected chi connectivity index (χ4v) is 2.97. The minimum Gasteiger partial charge on any atom is -0.481 e. The zero-order valence-corrected chi connectivity index (χ0v) is 10.5. The van der Waals surface area contributed by atoms with Crippen LogP contribution in [0, 0.1) is 6.92 Å². The van der Waals surface area contributed by atoms with E-state index in [0.717, 1.165) is 33.3 Å². The molecule has 2 aromatic heterocycles.